The fourth-order valence-electron chi connectivity index (χ4n) is 2.58. The Balaban J connectivity index is 1.51. The van der Waals surface area contributed by atoms with Crippen molar-refractivity contribution in [1.82, 2.24) is 10.3 Å². The van der Waals surface area contributed by atoms with Gasteiger partial charge in [-0.2, -0.15) is 0 Å². The molecule has 2 rings (SSSR count). The van der Waals surface area contributed by atoms with Gasteiger partial charge in [0.25, 0.3) is 0 Å². The van der Waals surface area contributed by atoms with Crippen molar-refractivity contribution in [2.24, 2.45) is 0 Å². The van der Waals surface area contributed by atoms with E-state index in [0.29, 0.717) is 6.10 Å². The molecule has 0 radical (unpaired) electrons. The largest absolute Gasteiger partial charge is 0.378 e. The minimum absolute atomic E-state index is 0.536. The van der Waals surface area contributed by atoms with E-state index in [1.807, 2.05) is 12.4 Å². The fraction of sp³-hybridized carbons (Fsp3) is 0.688. The third-order valence-corrected chi connectivity index (χ3v) is 3.87. The van der Waals surface area contributed by atoms with Crippen LogP contribution in [0.2, 0.25) is 0 Å². The van der Waals surface area contributed by atoms with Crippen LogP contribution in [0.4, 0.5) is 0 Å². The van der Waals surface area contributed by atoms with Gasteiger partial charge in [0.1, 0.15) is 0 Å². The van der Waals surface area contributed by atoms with Crippen molar-refractivity contribution in [3.05, 3.63) is 29.6 Å². The van der Waals surface area contributed by atoms with Crippen molar-refractivity contribution in [2.45, 2.75) is 58.1 Å². The minimum Gasteiger partial charge on any atom is -0.378 e. The average molecular weight is 262 g/mol. The van der Waals surface area contributed by atoms with Gasteiger partial charge in [-0.3, -0.25) is 4.98 Å². The molecule has 0 spiro atoms. The SMILES string of the molecule is Cc1ccncc1CNCCCOC1CCCCC1. The summed E-state index contributed by atoms with van der Waals surface area (Å²) in [6.07, 6.45) is 12.0. The second kappa shape index (κ2) is 8.28. The lowest BCUT2D eigenvalue weighted by atomic mass is 9.98. The highest BCUT2D eigenvalue weighted by Crippen LogP contribution is 2.20. The van der Waals surface area contributed by atoms with Gasteiger partial charge < -0.3 is 10.1 Å². The highest BCUT2D eigenvalue weighted by atomic mass is 16.5. The number of nitrogens with one attached hydrogen (secondary N) is 1. The molecule has 0 unspecified atom stereocenters. The summed E-state index contributed by atoms with van der Waals surface area (Å²) in [6, 6.07) is 2.06. The molecule has 106 valence electrons. The first kappa shape index (κ1) is 14.5. The second-order valence-electron chi connectivity index (χ2n) is 5.46. The first-order valence-electron chi connectivity index (χ1n) is 7.58. The summed E-state index contributed by atoms with van der Waals surface area (Å²) in [6.45, 7) is 4.94. The summed E-state index contributed by atoms with van der Waals surface area (Å²) >= 11 is 0. The first-order valence-corrected chi connectivity index (χ1v) is 7.58. The van der Waals surface area contributed by atoms with Gasteiger partial charge in [0, 0.05) is 25.5 Å². The van der Waals surface area contributed by atoms with Gasteiger partial charge in [0.05, 0.1) is 6.10 Å². The number of hydrogen-bond acceptors (Lipinski definition) is 3. The van der Waals surface area contributed by atoms with Gasteiger partial charge in [0.2, 0.25) is 0 Å². The number of aryl methyl sites for hydroxylation is 1. The maximum Gasteiger partial charge on any atom is 0.0575 e. The molecule has 1 saturated carbocycles. The number of pyridine rings is 1. The van der Waals surface area contributed by atoms with Crippen molar-refractivity contribution in [1.29, 1.82) is 0 Å². The molecule has 0 amide bonds. The fourth-order valence-corrected chi connectivity index (χ4v) is 2.58. The lowest BCUT2D eigenvalue weighted by Crippen LogP contribution is -2.21. The van der Waals surface area contributed by atoms with Gasteiger partial charge in [-0.05, 0) is 49.9 Å². The predicted octanol–water partition coefficient (Wildman–Crippen LogP) is 3.22. The minimum atomic E-state index is 0.536. The quantitative estimate of drug-likeness (QED) is 0.766. The van der Waals surface area contributed by atoms with Crippen LogP contribution in [0.5, 0.6) is 0 Å². The molecule has 1 heterocycles. The molecule has 1 aliphatic carbocycles. The Labute approximate surface area is 116 Å². The van der Waals surface area contributed by atoms with Crippen LogP contribution in [-0.2, 0) is 11.3 Å². The molecule has 1 fully saturated rings. The second-order valence-corrected chi connectivity index (χ2v) is 5.46. The van der Waals surface area contributed by atoms with E-state index in [1.165, 1.54) is 43.2 Å². The monoisotopic (exact) mass is 262 g/mol. The summed E-state index contributed by atoms with van der Waals surface area (Å²) in [4.78, 5) is 4.16. The van der Waals surface area contributed by atoms with E-state index in [1.54, 1.807) is 0 Å². The van der Waals surface area contributed by atoms with Gasteiger partial charge in [-0.25, -0.2) is 0 Å². The van der Waals surface area contributed by atoms with Crippen LogP contribution in [0.1, 0.15) is 49.7 Å². The van der Waals surface area contributed by atoms with Gasteiger partial charge >= 0.3 is 0 Å². The Bertz CT molecular complexity index is 362. The van der Waals surface area contributed by atoms with Crippen LogP contribution >= 0.6 is 0 Å². The summed E-state index contributed by atoms with van der Waals surface area (Å²) < 4.78 is 5.91. The molecule has 1 aromatic heterocycles. The molecular formula is C16H26N2O. The molecule has 0 saturated heterocycles. The zero-order chi connectivity index (χ0) is 13.3. The van der Waals surface area contributed by atoms with Crippen LogP contribution in [0.3, 0.4) is 0 Å². The molecule has 1 aliphatic rings. The number of nitrogens with zero attached hydrogens (tertiary/aromatic N) is 1. The molecule has 0 atom stereocenters. The van der Waals surface area contributed by atoms with Crippen molar-refractivity contribution in [3.63, 3.8) is 0 Å². The summed E-state index contributed by atoms with van der Waals surface area (Å²) in [5, 5.41) is 3.46. The van der Waals surface area contributed by atoms with E-state index in [4.69, 9.17) is 4.74 Å². The normalized spacial score (nSPS) is 16.7. The van der Waals surface area contributed by atoms with E-state index in [-0.39, 0.29) is 0 Å². The van der Waals surface area contributed by atoms with Crippen LogP contribution in [0.25, 0.3) is 0 Å². The van der Waals surface area contributed by atoms with Crippen molar-refractivity contribution in [2.75, 3.05) is 13.2 Å². The van der Waals surface area contributed by atoms with Crippen LogP contribution < -0.4 is 5.32 Å². The highest BCUT2D eigenvalue weighted by molar-refractivity contribution is 5.20. The lowest BCUT2D eigenvalue weighted by molar-refractivity contribution is 0.0273. The third-order valence-electron chi connectivity index (χ3n) is 3.87. The molecule has 1 N–H and O–H groups in total. The first-order chi connectivity index (χ1) is 9.36. The predicted molar refractivity (Wildman–Crippen MR) is 78.1 cm³/mol. The van der Waals surface area contributed by atoms with Crippen molar-refractivity contribution in [3.8, 4) is 0 Å². The molecular weight excluding hydrogens is 236 g/mol. The highest BCUT2D eigenvalue weighted by Gasteiger charge is 2.12. The number of ether oxygens (including phenoxy) is 1. The zero-order valence-corrected chi connectivity index (χ0v) is 12.0. The number of aromatic nitrogens is 1. The summed E-state index contributed by atoms with van der Waals surface area (Å²) in [5.41, 5.74) is 2.59. The maximum atomic E-state index is 5.91. The Morgan fingerprint density at radius 3 is 2.95 bits per heavy atom. The van der Waals surface area contributed by atoms with Gasteiger partial charge in [0.15, 0.2) is 0 Å². The molecule has 0 aliphatic heterocycles. The summed E-state index contributed by atoms with van der Waals surface area (Å²) in [5.74, 6) is 0. The molecule has 3 heteroatoms. The lowest BCUT2D eigenvalue weighted by Gasteiger charge is -2.21. The van der Waals surface area contributed by atoms with Crippen molar-refractivity contribution < 1.29 is 4.74 Å². The third kappa shape index (κ3) is 5.29. The van der Waals surface area contributed by atoms with E-state index in [9.17, 15) is 0 Å². The van der Waals surface area contributed by atoms with Crippen LogP contribution in [0.15, 0.2) is 18.5 Å². The molecule has 19 heavy (non-hydrogen) atoms. The Kier molecular flexibility index (Phi) is 6.31. The maximum absolute atomic E-state index is 5.91. The van der Waals surface area contributed by atoms with Gasteiger partial charge in [-0.1, -0.05) is 19.3 Å². The molecule has 0 aromatic carbocycles. The topological polar surface area (TPSA) is 34.2 Å². The van der Waals surface area contributed by atoms with Crippen LogP contribution in [0, 0.1) is 6.92 Å². The average Bonchev–Trinajstić information content (AvgIpc) is 2.45. The number of rotatable bonds is 7. The summed E-state index contributed by atoms with van der Waals surface area (Å²) in [7, 11) is 0. The molecule has 0 bridgehead atoms. The Morgan fingerprint density at radius 2 is 2.16 bits per heavy atom. The van der Waals surface area contributed by atoms with Crippen molar-refractivity contribution >= 4 is 0 Å². The zero-order valence-electron chi connectivity index (χ0n) is 12.0. The molecule has 3 nitrogen and oxygen atoms in total. The van der Waals surface area contributed by atoms with Gasteiger partial charge in [-0.15, -0.1) is 0 Å². The molecule has 1 aromatic rings. The smallest absolute Gasteiger partial charge is 0.0575 e. The van der Waals surface area contributed by atoms with E-state index < -0.39 is 0 Å². The van der Waals surface area contributed by atoms with Crippen LogP contribution in [-0.4, -0.2) is 24.2 Å². The number of hydrogen-bond donors (Lipinski definition) is 1. The van der Waals surface area contributed by atoms with E-state index >= 15 is 0 Å². The Hall–Kier alpha value is -0.930. The van der Waals surface area contributed by atoms with E-state index in [2.05, 4.69) is 23.3 Å². The van der Waals surface area contributed by atoms with E-state index in [0.717, 1.165) is 26.1 Å². The standard InChI is InChI=1S/C16H26N2O/c1-14-8-10-18-13-15(14)12-17-9-5-11-19-16-6-3-2-4-7-16/h8,10,13,16-17H,2-7,9,11-12H2,1H3. The Morgan fingerprint density at radius 1 is 1.32 bits per heavy atom.